The quantitative estimate of drug-likeness (QED) is 0.561. The Kier molecular flexibility index (Phi) is 5.29. The summed E-state index contributed by atoms with van der Waals surface area (Å²) in [5.74, 6) is -1.93. The standard InChI is InChI=1S/C13H11FN4O3S2/c1-23(20)18-11(19)10(15)7-4-2-3-5-8(7)21-12-9(14)13(22)17-6-16-12/h2-6,15H,1H3,(H,18,19)(H,16,17,22). The van der Waals surface area contributed by atoms with Crippen LogP contribution in [0.5, 0.6) is 11.6 Å². The molecule has 1 atom stereocenters. The number of para-hydroxylation sites is 1. The minimum absolute atomic E-state index is 0.0604. The lowest BCUT2D eigenvalue weighted by Crippen LogP contribution is -2.32. The number of hydrogen-bond donors (Lipinski definition) is 3. The van der Waals surface area contributed by atoms with E-state index in [9.17, 15) is 13.4 Å². The Morgan fingerprint density at radius 2 is 2.17 bits per heavy atom. The van der Waals surface area contributed by atoms with Crippen LogP contribution in [0.2, 0.25) is 0 Å². The molecular weight excluding hydrogens is 343 g/mol. The number of aromatic nitrogens is 2. The predicted molar refractivity (Wildman–Crippen MR) is 84.9 cm³/mol. The molecular formula is C13H11FN4O3S2. The average Bonchev–Trinajstić information content (AvgIpc) is 2.51. The first-order valence-electron chi connectivity index (χ1n) is 6.13. The second-order valence-corrected chi connectivity index (χ2v) is 5.71. The van der Waals surface area contributed by atoms with E-state index >= 15 is 0 Å². The van der Waals surface area contributed by atoms with Crippen molar-refractivity contribution in [2.45, 2.75) is 0 Å². The van der Waals surface area contributed by atoms with Crippen LogP contribution in [0, 0.1) is 15.9 Å². The molecule has 0 bridgehead atoms. The zero-order chi connectivity index (χ0) is 17.0. The molecule has 10 heteroatoms. The van der Waals surface area contributed by atoms with Gasteiger partial charge in [0, 0.05) is 11.8 Å². The van der Waals surface area contributed by atoms with E-state index in [-0.39, 0.29) is 21.8 Å². The van der Waals surface area contributed by atoms with Gasteiger partial charge in [-0.3, -0.25) is 14.9 Å². The fraction of sp³-hybridized carbons (Fsp3) is 0.0769. The SMILES string of the molecule is CS(=O)NC(=O)C(=N)c1ccccc1Oc1[nH]cnc(=S)c1F. The van der Waals surface area contributed by atoms with Gasteiger partial charge in [0.15, 0.2) is 4.64 Å². The third-order valence-electron chi connectivity index (χ3n) is 2.60. The lowest BCUT2D eigenvalue weighted by atomic mass is 10.1. The number of nitrogens with one attached hydrogen (secondary N) is 3. The van der Waals surface area contributed by atoms with E-state index in [2.05, 4.69) is 14.7 Å². The van der Waals surface area contributed by atoms with Gasteiger partial charge in [-0.1, -0.05) is 24.4 Å². The fourth-order valence-corrected chi connectivity index (χ4v) is 2.13. The number of nitrogens with zero attached hydrogens (tertiary/aromatic N) is 1. The Labute approximate surface area is 138 Å². The van der Waals surface area contributed by atoms with E-state index in [0.29, 0.717) is 0 Å². The van der Waals surface area contributed by atoms with E-state index in [4.69, 9.17) is 22.4 Å². The highest BCUT2D eigenvalue weighted by molar-refractivity contribution is 7.83. The van der Waals surface area contributed by atoms with Gasteiger partial charge in [0.25, 0.3) is 5.91 Å². The minimum atomic E-state index is -1.61. The number of carbonyl (C=O) groups excluding carboxylic acids is 1. The first-order chi connectivity index (χ1) is 10.9. The molecule has 0 saturated carbocycles. The summed E-state index contributed by atoms with van der Waals surface area (Å²) in [6, 6.07) is 6.08. The molecule has 0 spiro atoms. The van der Waals surface area contributed by atoms with Gasteiger partial charge < -0.3 is 9.72 Å². The topological polar surface area (TPSA) is 108 Å². The van der Waals surface area contributed by atoms with Gasteiger partial charge in [-0.05, 0) is 12.1 Å². The number of amides is 1. The number of H-pyrrole nitrogens is 1. The molecule has 0 aliphatic rings. The summed E-state index contributed by atoms with van der Waals surface area (Å²) in [6.07, 6.45) is 2.43. The van der Waals surface area contributed by atoms with Gasteiger partial charge in [-0.25, -0.2) is 9.19 Å². The van der Waals surface area contributed by atoms with Crippen molar-refractivity contribution in [3.05, 3.63) is 46.6 Å². The molecule has 1 aromatic carbocycles. The maximum absolute atomic E-state index is 13.9. The van der Waals surface area contributed by atoms with Crippen molar-refractivity contribution in [2.75, 3.05) is 6.26 Å². The molecule has 120 valence electrons. The van der Waals surface area contributed by atoms with Gasteiger partial charge >= 0.3 is 0 Å². The number of benzene rings is 1. The van der Waals surface area contributed by atoms with Gasteiger partial charge in [0.1, 0.15) is 22.4 Å². The van der Waals surface area contributed by atoms with Crippen molar-refractivity contribution in [1.82, 2.24) is 14.7 Å². The van der Waals surface area contributed by atoms with Crippen LogP contribution in [-0.2, 0) is 15.8 Å². The lowest BCUT2D eigenvalue weighted by molar-refractivity contribution is -0.113. The molecule has 0 aliphatic carbocycles. The smallest absolute Gasteiger partial charge is 0.281 e. The van der Waals surface area contributed by atoms with Crippen molar-refractivity contribution in [1.29, 1.82) is 5.41 Å². The van der Waals surface area contributed by atoms with Crippen molar-refractivity contribution in [2.24, 2.45) is 0 Å². The van der Waals surface area contributed by atoms with Crippen LogP contribution in [-0.4, -0.2) is 32.1 Å². The second-order valence-electron chi connectivity index (χ2n) is 4.21. The van der Waals surface area contributed by atoms with Crippen LogP contribution < -0.4 is 9.46 Å². The Morgan fingerprint density at radius 3 is 2.87 bits per heavy atom. The maximum atomic E-state index is 13.9. The Hall–Kier alpha value is -2.46. The summed E-state index contributed by atoms with van der Waals surface area (Å²) in [4.78, 5) is 17.8. The van der Waals surface area contributed by atoms with Crippen LogP contribution in [0.15, 0.2) is 30.6 Å². The van der Waals surface area contributed by atoms with E-state index in [0.717, 1.165) is 0 Å². The first-order valence-corrected chi connectivity index (χ1v) is 8.10. The summed E-state index contributed by atoms with van der Waals surface area (Å²) in [5, 5.41) is 7.87. The second kappa shape index (κ2) is 7.20. The van der Waals surface area contributed by atoms with Crippen molar-refractivity contribution >= 4 is 34.8 Å². The Bertz CT molecular complexity index is 853. The highest BCUT2D eigenvalue weighted by atomic mass is 32.2. The Morgan fingerprint density at radius 1 is 1.48 bits per heavy atom. The van der Waals surface area contributed by atoms with Crippen LogP contribution in [0.3, 0.4) is 0 Å². The van der Waals surface area contributed by atoms with Crippen molar-refractivity contribution in [3.8, 4) is 11.6 Å². The maximum Gasteiger partial charge on any atom is 0.281 e. The molecule has 0 fully saturated rings. The van der Waals surface area contributed by atoms with Crippen LogP contribution >= 0.6 is 12.2 Å². The molecule has 1 amide bonds. The van der Waals surface area contributed by atoms with Gasteiger partial charge in [0.05, 0.1) is 6.33 Å². The van der Waals surface area contributed by atoms with Gasteiger partial charge in [-0.15, -0.1) is 0 Å². The highest BCUT2D eigenvalue weighted by Gasteiger charge is 2.18. The molecule has 0 saturated heterocycles. The molecule has 2 aromatic rings. The van der Waals surface area contributed by atoms with Gasteiger partial charge in [0.2, 0.25) is 11.7 Å². The third-order valence-corrected chi connectivity index (χ3v) is 3.35. The van der Waals surface area contributed by atoms with Crippen LogP contribution in [0.25, 0.3) is 0 Å². The normalized spacial score (nSPS) is 11.6. The molecule has 0 radical (unpaired) electrons. The number of halogens is 1. The zero-order valence-corrected chi connectivity index (χ0v) is 13.4. The largest absolute Gasteiger partial charge is 0.437 e. The molecule has 7 nitrogen and oxygen atoms in total. The summed E-state index contributed by atoms with van der Waals surface area (Å²) >= 11 is 4.70. The Balaban J connectivity index is 2.36. The monoisotopic (exact) mass is 354 g/mol. The molecule has 3 N–H and O–H groups in total. The number of ether oxygens (including phenoxy) is 1. The van der Waals surface area contributed by atoms with E-state index in [1.807, 2.05) is 0 Å². The third kappa shape index (κ3) is 4.05. The van der Waals surface area contributed by atoms with Crippen LogP contribution in [0.1, 0.15) is 5.56 Å². The summed E-state index contributed by atoms with van der Waals surface area (Å²) in [6.45, 7) is 0. The number of rotatable bonds is 5. The molecule has 1 heterocycles. The van der Waals surface area contributed by atoms with E-state index in [1.54, 1.807) is 12.1 Å². The van der Waals surface area contributed by atoms with Crippen LogP contribution in [0.4, 0.5) is 4.39 Å². The van der Waals surface area contributed by atoms with Crippen molar-refractivity contribution < 1.29 is 18.1 Å². The van der Waals surface area contributed by atoms with Crippen molar-refractivity contribution in [3.63, 3.8) is 0 Å². The van der Waals surface area contributed by atoms with E-state index < -0.39 is 28.4 Å². The summed E-state index contributed by atoms with van der Waals surface area (Å²) in [7, 11) is -1.61. The average molecular weight is 354 g/mol. The number of aromatic amines is 1. The minimum Gasteiger partial charge on any atom is -0.437 e. The summed E-state index contributed by atoms with van der Waals surface area (Å²) < 4.78 is 32.1. The number of hydrogen-bond acceptors (Lipinski definition) is 6. The number of carbonyl (C=O) groups is 1. The van der Waals surface area contributed by atoms with Gasteiger partial charge in [-0.2, -0.15) is 4.39 Å². The summed E-state index contributed by atoms with van der Waals surface area (Å²) in [5.41, 5.74) is -0.366. The molecule has 23 heavy (non-hydrogen) atoms. The molecule has 2 rings (SSSR count). The first kappa shape index (κ1) is 16.9. The lowest BCUT2D eigenvalue weighted by Gasteiger charge is -2.11. The predicted octanol–water partition coefficient (Wildman–Crippen LogP) is 1.85. The highest BCUT2D eigenvalue weighted by Crippen LogP contribution is 2.26. The van der Waals surface area contributed by atoms with E-state index in [1.165, 1.54) is 24.7 Å². The fourth-order valence-electron chi connectivity index (χ4n) is 1.62. The molecule has 0 aliphatic heterocycles. The zero-order valence-electron chi connectivity index (χ0n) is 11.8. The molecule has 1 aromatic heterocycles. The molecule has 1 unspecified atom stereocenters.